The van der Waals surface area contributed by atoms with E-state index in [0.717, 1.165) is 16.2 Å². The zero-order valence-corrected chi connectivity index (χ0v) is 19.2. The van der Waals surface area contributed by atoms with Crippen molar-refractivity contribution in [1.82, 2.24) is 5.06 Å². The van der Waals surface area contributed by atoms with Gasteiger partial charge in [0.05, 0.1) is 10.0 Å². The number of hydrogen-bond donors (Lipinski definition) is 0. The molecule has 34 heavy (non-hydrogen) atoms. The molecule has 9 heteroatoms. The summed E-state index contributed by atoms with van der Waals surface area (Å²) in [6.45, 7) is 0. The summed E-state index contributed by atoms with van der Waals surface area (Å²) < 4.78 is 39.4. The van der Waals surface area contributed by atoms with Crippen molar-refractivity contribution in [1.29, 1.82) is 0 Å². The highest BCUT2D eigenvalue weighted by Crippen LogP contribution is 2.43. The van der Waals surface area contributed by atoms with Gasteiger partial charge in [0.1, 0.15) is 17.9 Å². The van der Waals surface area contributed by atoms with Crippen LogP contribution in [0.1, 0.15) is 35.2 Å². The normalized spacial score (nSPS) is 18.0. The molecule has 4 nitrogen and oxygen atoms in total. The van der Waals surface area contributed by atoms with E-state index in [1.54, 1.807) is 48.5 Å². The van der Waals surface area contributed by atoms with Crippen LogP contribution in [0.4, 0.5) is 13.2 Å². The molecule has 2 unspecified atom stereocenters. The lowest BCUT2D eigenvalue weighted by Gasteiger charge is -2.29. The Hall–Kier alpha value is -3.03. The number of hydroxylamine groups is 2. The van der Waals surface area contributed by atoms with Crippen molar-refractivity contribution in [2.24, 2.45) is 4.99 Å². The number of rotatable bonds is 6. The van der Waals surface area contributed by atoms with Crippen LogP contribution in [-0.4, -0.2) is 23.0 Å². The first-order valence-electron chi connectivity index (χ1n) is 10.4. The van der Waals surface area contributed by atoms with Crippen molar-refractivity contribution in [2.75, 3.05) is 0 Å². The standard InChI is InChI=1S/C25H19Cl2F3N2O2/c26-19-13-11-16(15-20(19)27)12-14-21-31-22(17-7-3-1-4-8-17)23(18-9-5-2-6-10-18)32(21)34-24(33)25(28,29)30/h1-11,13,15,22-23H,12,14H2. The lowest BCUT2D eigenvalue weighted by Crippen LogP contribution is -2.39. The predicted molar refractivity (Wildman–Crippen MR) is 125 cm³/mol. The fraction of sp³-hybridized carbons (Fsp3) is 0.200. The molecule has 0 amide bonds. The fourth-order valence-electron chi connectivity index (χ4n) is 3.83. The van der Waals surface area contributed by atoms with Crippen molar-refractivity contribution in [3.63, 3.8) is 0 Å². The van der Waals surface area contributed by atoms with Crippen LogP contribution >= 0.6 is 23.2 Å². The highest BCUT2D eigenvalue weighted by atomic mass is 35.5. The molecule has 3 aromatic carbocycles. The van der Waals surface area contributed by atoms with Crippen LogP contribution in [0.3, 0.4) is 0 Å². The van der Waals surface area contributed by atoms with Gasteiger partial charge in [-0.05, 0) is 35.2 Å². The highest BCUT2D eigenvalue weighted by Gasteiger charge is 2.47. The number of carbonyl (C=O) groups excluding carboxylic acids is 1. The van der Waals surface area contributed by atoms with Crippen molar-refractivity contribution >= 4 is 35.0 Å². The second kappa shape index (κ2) is 10.1. The van der Waals surface area contributed by atoms with Gasteiger partial charge in [0, 0.05) is 6.42 Å². The monoisotopic (exact) mass is 506 g/mol. The van der Waals surface area contributed by atoms with Gasteiger partial charge in [-0.25, -0.2) is 4.79 Å². The van der Waals surface area contributed by atoms with Crippen molar-refractivity contribution < 1.29 is 22.8 Å². The van der Waals surface area contributed by atoms with Crippen molar-refractivity contribution in [2.45, 2.75) is 31.1 Å². The Morgan fingerprint density at radius 2 is 1.50 bits per heavy atom. The van der Waals surface area contributed by atoms with E-state index in [1.807, 2.05) is 30.3 Å². The first kappa shape index (κ1) is 24.1. The van der Waals surface area contributed by atoms with E-state index < -0.39 is 24.2 Å². The Bertz CT molecular complexity index is 1190. The lowest BCUT2D eigenvalue weighted by atomic mass is 9.95. The third-order valence-corrected chi connectivity index (χ3v) is 6.15. The molecule has 0 bridgehead atoms. The van der Waals surface area contributed by atoms with E-state index in [2.05, 4.69) is 0 Å². The first-order chi connectivity index (χ1) is 16.2. The molecule has 0 saturated heterocycles. The van der Waals surface area contributed by atoms with Gasteiger partial charge in [0.15, 0.2) is 0 Å². The fourth-order valence-corrected chi connectivity index (χ4v) is 4.15. The van der Waals surface area contributed by atoms with E-state index in [0.29, 0.717) is 22.0 Å². The molecule has 0 fully saturated rings. The van der Waals surface area contributed by atoms with E-state index >= 15 is 0 Å². The topological polar surface area (TPSA) is 41.9 Å². The summed E-state index contributed by atoms with van der Waals surface area (Å²) in [5.41, 5.74) is 2.27. The van der Waals surface area contributed by atoms with Gasteiger partial charge in [0.2, 0.25) is 0 Å². The van der Waals surface area contributed by atoms with E-state index in [-0.39, 0.29) is 12.3 Å². The molecule has 1 aliphatic rings. The summed E-state index contributed by atoms with van der Waals surface area (Å²) in [5, 5.41) is 1.77. The third kappa shape index (κ3) is 5.37. The summed E-state index contributed by atoms with van der Waals surface area (Å²) >= 11 is 12.1. The molecule has 0 aromatic heterocycles. The van der Waals surface area contributed by atoms with Crippen molar-refractivity contribution in [3.8, 4) is 0 Å². The van der Waals surface area contributed by atoms with Gasteiger partial charge in [0.25, 0.3) is 0 Å². The number of halogens is 5. The lowest BCUT2D eigenvalue weighted by molar-refractivity contribution is -0.230. The number of amidine groups is 1. The number of alkyl halides is 3. The van der Waals surface area contributed by atoms with E-state index in [1.165, 1.54) is 0 Å². The Labute approximate surface area is 204 Å². The molecule has 1 heterocycles. The van der Waals surface area contributed by atoms with Crippen LogP contribution in [0.2, 0.25) is 10.0 Å². The van der Waals surface area contributed by atoms with Crippen molar-refractivity contribution in [3.05, 3.63) is 106 Å². The van der Waals surface area contributed by atoms with Crippen LogP contribution < -0.4 is 0 Å². The number of nitrogens with zero attached hydrogens (tertiary/aromatic N) is 2. The molecule has 0 spiro atoms. The van der Waals surface area contributed by atoms with E-state index in [4.69, 9.17) is 33.0 Å². The zero-order valence-electron chi connectivity index (χ0n) is 17.7. The van der Waals surface area contributed by atoms with Gasteiger partial charge < -0.3 is 4.84 Å². The Morgan fingerprint density at radius 1 is 0.882 bits per heavy atom. The number of aryl methyl sites for hydroxylation is 1. The number of benzene rings is 3. The molecule has 176 valence electrons. The average molecular weight is 507 g/mol. The van der Waals surface area contributed by atoms with Crippen LogP contribution in [0, 0.1) is 0 Å². The first-order valence-corrected chi connectivity index (χ1v) is 11.2. The Morgan fingerprint density at radius 3 is 2.09 bits per heavy atom. The third-order valence-electron chi connectivity index (χ3n) is 5.41. The largest absolute Gasteiger partial charge is 0.493 e. The Kier molecular flexibility index (Phi) is 7.14. The minimum atomic E-state index is -5.15. The maximum Gasteiger partial charge on any atom is 0.493 e. The smallest absolute Gasteiger partial charge is 0.330 e. The molecule has 0 radical (unpaired) electrons. The molecule has 1 aliphatic heterocycles. The maximum atomic E-state index is 13.1. The zero-order chi connectivity index (χ0) is 24.3. The van der Waals surface area contributed by atoms with Crippen LogP contribution in [0.25, 0.3) is 0 Å². The molecule has 0 aliphatic carbocycles. The molecule has 0 N–H and O–H groups in total. The molecular formula is C25H19Cl2F3N2O2. The SMILES string of the molecule is O=C(ON1C(CCc2ccc(Cl)c(Cl)c2)=NC(c2ccccc2)C1c1ccccc1)C(F)(F)F. The van der Waals surface area contributed by atoms with Gasteiger partial charge in [-0.2, -0.15) is 18.2 Å². The Balaban J connectivity index is 1.71. The molecule has 0 saturated carbocycles. The van der Waals surface area contributed by atoms with Gasteiger partial charge in [-0.3, -0.25) is 4.99 Å². The molecule has 4 rings (SSSR count). The minimum Gasteiger partial charge on any atom is -0.330 e. The van der Waals surface area contributed by atoms with Crippen LogP contribution in [0.15, 0.2) is 83.9 Å². The summed E-state index contributed by atoms with van der Waals surface area (Å²) in [4.78, 5) is 21.5. The molecular weight excluding hydrogens is 488 g/mol. The average Bonchev–Trinajstić information content (AvgIpc) is 3.18. The summed E-state index contributed by atoms with van der Waals surface area (Å²) in [7, 11) is 0. The van der Waals surface area contributed by atoms with Gasteiger partial charge in [-0.15, -0.1) is 0 Å². The van der Waals surface area contributed by atoms with E-state index in [9.17, 15) is 18.0 Å². The van der Waals surface area contributed by atoms with Crippen LogP contribution in [-0.2, 0) is 16.1 Å². The van der Waals surface area contributed by atoms with Gasteiger partial charge >= 0.3 is 12.1 Å². The summed E-state index contributed by atoms with van der Waals surface area (Å²) in [6.07, 6.45) is -4.53. The quantitative estimate of drug-likeness (QED) is 0.356. The second-order valence-corrected chi connectivity index (χ2v) is 8.52. The maximum absolute atomic E-state index is 13.1. The van der Waals surface area contributed by atoms with Gasteiger partial charge in [-0.1, -0.05) is 89.9 Å². The second-order valence-electron chi connectivity index (χ2n) is 7.71. The molecule has 2 atom stereocenters. The summed E-state index contributed by atoms with van der Waals surface area (Å²) in [6, 6.07) is 21.8. The predicted octanol–water partition coefficient (Wildman–Crippen LogP) is 7.14. The number of carbonyl (C=O) groups is 1. The van der Waals surface area contributed by atoms with Crippen LogP contribution in [0.5, 0.6) is 0 Å². The molecule has 3 aromatic rings. The highest BCUT2D eigenvalue weighted by molar-refractivity contribution is 6.42. The minimum absolute atomic E-state index is 0.218. The number of hydrogen-bond acceptors (Lipinski definition) is 4. The number of aliphatic imine (C=N–C) groups is 1. The summed E-state index contributed by atoms with van der Waals surface area (Å²) in [5.74, 6) is -2.07.